The highest BCUT2D eigenvalue weighted by atomic mass is 16.5. The molecular formula is C19H28N2O3. The Kier molecular flexibility index (Phi) is 5.33. The van der Waals surface area contributed by atoms with Crippen molar-refractivity contribution in [2.75, 3.05) is 27.7 Å². The van der Waals surface area contributed by atoms with Gasteiger partial charge in [0, 0.05) is 12.0 Å². The van der Waals surface area contributed by atoms with Gasteiger partial charge in [0.15, 0.2) is 0 Å². The molecule has 1 unspecified atom stereocenters. The van der Waals surface area contributed by atoms with Crippen molar-refractivity contribution in [2.24, 2.45) is 5.41 Å². The van der Waals surface area contributed by atoms with Crippen LogP contribution in [0.25, 0.3) is 0 Å². The van der Waals surface area contributed by atoms with Gasteiger partial charge in [0.25, 0.3) is 0 Å². The van der Waals surface area contributed by atoms with Crippen LogP contribution in [0.2, 0.25) is 0 Å². The Morgan fingerprint density at radius 1 is 1.21 bits per heavy atom. The van der Waals surface area contributed by atoms with Crippen molar-refractivity contribution < 1.29 is 14.3 Å². The molecule has 24 heavy (non-hydrogen) atoms. The van der Waals surface area contributed by atoms with Crippen LogP contribution in [-0.4, -0.2) is 44.5 Å². The molecular weight excluding hydrogens is 304 g/mol. The van der Waals surface area contributed by atoms with Gasteiger partial charge >= 0.3 is 0 Å². The van der Waals surface area contributed by atoms with Gasteiger partial charge in [0.2, 0.25) is 11.8 Å². The fourth-order valence-electron chi connectivity index (χ4n) is 3.87. The number of para-hydroxylation sites is 1. The van der Waals surface area contributed by atoms with E-state index in [9.17, 15) is 9.59 Å². The Balaban J connectivity index is 2.56. The number of piperidine rings is 1. The van der Waals surface area contributed by atoms with E-state index in [1.54, 1.807) is 7.11 Å². The first-order valence-corrected chi connectivity index (χ1v) is 8.37. The predicted molar refractivity (Wildman–Crippen MR) is 94.0 cm³/mol. The van der Waals surface area contributed by atoms with Crippen LogP contribution >= 0.6 is 0 Å². The van der Waals surface area contributed by atoms with E-state index in [4.69, 9.17) is 4.74 Å². The molecule has 5 heteroatoms. The van der Waals surface area contributed by atoms with Crippen molar-refractivity contribution in [3.05, 3.63) is 29.8 Å². The number of rotatable bonds is 6. The normalized spacial score (nSPS) is 23.2. The highest BCUT2D eigenvalue weighted by Gasteiger charge is 2.56. The molecule has 1 aromatic carbocycles. The molecule has 1 aliphatic heterocycles. The van der Waals surface area contributed by atoms with E-state index in [2.05, 4.69) is 10.2 Å². The summed E-state index contributed by atoms with van der Waals surface area (Å²) in [4.78, 5) is 27.2. The number of imide groups is 1. The number of hydrogen-bond acceptors (Lipinski definition) is 4. The second-order valence-electron chi connectivity index (χ2n) is 7.45. The number of methoxy groups -OCH3 is 1. The molecule has 1 aromatic rings. The van der Waals surface area contributed by atoms with Crippen molar-refractivity contribution in [3.63, 3.8) is 0 Å². The minimum atomic E-state index is -0.788. The third-order valence-corrected chi connectivity index (χ3v) is 5.12. The zero-order valence-corrected chi connectivity index (χ0v) is 15.3. The van der Waals surface area contributed by atoms with Crippen LogP contribution in [0.5, 0.6) is 5.75 Å². The van der Waals surface area contributed by atoms with Gasteiger partial charge in [0.05, 0.1) is 12.5 Å². The minimum Gasteiger partial charge on any atom is -0.496 e. The zero-order valence-electron chi connectivity index (χ0n) is 15.3. The average molecular weight is 332 g/mol. The van der Waals surface area contributed by atoms with Gasteiger partial charge in [0.1, 0.15) is 5.75 Å². The number of carbonyl (C=O) groups excluding carboxylic acids is 2. The third-order valence-electron chi connectivity index (χ3n) is 5.12. The minimum absolute atomic E-state index is 0.205. The molecule has 5 nitrogen and oxygen atoms in total. The molecule has 132 valence electrons. The molecule has 2 amide bonds. The lowest BCUT2D eigenvalue weighted by Gasteiger charge is -2.49. The molecule has 0 saturated carbocycles. The highest BCUT2D eigenvalue weighted by molar-refractivity contribution is 6.05. The number of nitrogens with one attached hydrogen (secondary N) is 1. The van der Waals surface area contributed by atoms with E-state index in [-0.39, 0.29) is 11.8 Å². The number of benzene rings is 1. The summed E-state index contributed by atoms with van der Waals surface area (Å²) in [5.74, 6) is 0.273. The molecule has 0 bridgehead atoms. The number of amides is 2. The molecule has 0 aromatic heterocycles. The molecule has 1 heterocycles. The Morgan fingerprint density at radius 2 is 1.88 bits per heavy atom. The Hall–Kier alpha value is -1.88. The standard InChI is InChI=1S/C19H28N2O3/c1-18(2)13-16(22)20-17(23)19(18,11-8-12-21(3)4)14-9-6-7-10-15(14)24-5/h6-7,9-10H,8,11-13H2,1-5H3,(H,20,22,23). The first-order valence-electron chi connectivity index (χ1n) is 8.37. The number of ether oxygens (including phenoxy) is 1. The molecule has 0 spiro atoms. The quantitative estimate of drug-likeness (QED) is 0.813. The van der Waals surface area contributed by atoms with Crippen molar-refractivity contribution >= 4 is 11.8 Å². The van der Waals surface area contributed by atoms with Gasteiger partial charge in [-0.3, -0.25) is 14.9 Å². The Labute approximate surface area is 144 Å². The maximum atomic E-state index is 13.1. The van der Waals surface area contributed by atoms with Crippen LogP contribution in [-0.2, 0) is 15.0 Å². The molecule has 2 rings (SSSR count). The van der Waals surface area contributed by atoms with E-state index >= 15 is 0 Å². The molecule has 0 radical (unpaired) electrons. The van der Waals surface area contributed by atoms with Crippen LogP contribution < -0.4 is 10.1 Å². The van der Waals surface area contributed by atoms with Crippen molar-refractivity contribution in [1.82, 2.24) is 10.2 Å². The summed E-state index contributed by atoms with van der Waals surface area (Å²) >= 11 is 0. The maximum Gasteiger partial charge on any atom is 0.237 e. The maximum absolute atomic E-state index is 13.1. The summed E-state index contributed by atoms with van der Waals surface area (Å²) in [5.41, 5.74) is -0.419. The van der Waals surface area contributed by atoms with Gasteiger partial charge in [-0.25, -0.2) is 0 Å². The molecule has 1 saturated heterocycles. The first kappa shape index (κ1) is 18.5. The molecule has 1 N–H and O–H groups in total. The summed E-state index contributed by atoms with van der Waals surface area (Å²) < 4.78 is 5.54. The number of nitrogens with zero attached hydrogens (tertiary/aromatic N) is 1. The van der Waals surface area contributed by atoms with E-state index in [0.717, 1.165) is 18.5 Å². The van der Waals surface area contributed by atoms with E-state index in [0.29, 0.717) is 18.6 Å². The van der Waals surface area contributed by atoms with E-state index in [1.807, 2.05) is 52.2 Å². The smallest absolute Gasteiger partial charge is 0.237 e. The lowest BCUT2D eigenvalue weighted by Crippen LogP contribution is -2.61. The van der Waals surface area contributed by atoms with E-state index < -0.39 is 10.8 Å². The lowest BCUT2D eigenvalue weighted by atomic mass is 9.56. The second-order valence-corrected chi connectivity index (χ2v) is 7.45. The van der Waals surface area contributed by atoms with Crippen LogP contribution in [0.4, 0.5) is 0 Å². The van der Waals surface area contributed by atoms with Gasteiger partial charge < -0.3 is 9.64 Å². The highest BCUT2D eigenvalue weighted by Crippen LogP contribution is 2.52. The largest absolute Gasteiger partial charge is 0.496 e. The molecule has 1 fully saturated rings. The molecule has 1 atom stereocenters. The summed E-state index contributed by atoms with van der Waals surface area (Å²) in [6, 6.07) is 7.65. The lowest BCUT2D eigenvalue weighted by molar-refractivity contribution is -0.145. The third kappa shape index (κ3) is 3.18. The fourth-order valence-corrected chi connectivity index (χ4v) is 3.87. The zero-order chi connectivity index (χ0) is 18.0. The topological polar surface area (TPSA) is 58.6 Å². The Morgan fingerprint density at radius 3 is 2.46 bits per heavy atom. The van der Waals surface area contributed by atoms with Gasteiger partial charge in [-0.05, 0) is 45.0 Å². The van der Waals surface area contributed by atoms with Crippen molar-refractivity contribution in [2.45, 2.75) is 38.5 Å². The average Bonchev–Trinajstić information content (AvgIpc) is 2.49. The Bertz CT molecular complexity index is 625. The van der Waals surface area contributed by atoms with Crippen LogP contribution in [0.3, 0.4) is 0 Å². The summed E-state index contributed by atoms with van der Waals surface area (Å²) in [7, 11) is 5.65. The fraction of sp³-hybridized carbons (Fsp3) is 0.579. The molecule has 0 aliphatic carbocycles. The van der Waals surface area contributed by atoms with E-state index in [1.165, 1.54) is 0 Å². The summed E-state index contributed by atoms with van der Waals surface area (Å²) in [5, 5.41) is 2.57. The van der Waals surface area contributed by atoms with Gasteiger partial charge in [-0.2, -0.15) is 0 Å². The van der Waals surface area contributed by atoms with Gasteiger partial charge in [-0.15, -0.1) is 0 Å². The summed E-state index contributed by atoms with van der Waals surface area (Å²) in [6.45, 7) is 4.89. The monoisotopic (exact) mass is 332 g/mol. The van der Waals surface area contributed by atoms with Crippen LogP contribution in [0.1, 0.15) is 38.7 Å². The number of carbonyl (C=O) groups is 2. The SMILES string of the molecule is COc1ccccc1C1(CCCN(C)C)C(=O)NC(=O)CC1(C)C. The summed E-state index contributed by atoms with van der Waals surface area (Å²) in [6.07, 6.45) is 1.84. The predicted octanol–water partition coefficient (Wildman–Crippen LogP) is 2.35. The van der Waals surface area contributed by atoms with Gasteiger partial charge in [-0.1, -0.05) is 32.0 Å². The van der Waals surface area contributed by atoms with Crippen LogP contribution in [0, 0.1) is 5.41 Å². The molecule has 1 aliphatic rings. The first-order chi connectivity index (χ1) is 11.2. The van der Waals surface area contributed by atoms with Crippen molar-refractivity contribution in [1.29, 1.82) is 0 Å². The second kappa shape index (κ2) is 6.93. The van der Waals surface area contributed by atoms with Crippen LogP contribution in [0.15, 0.2) is 24.3 Å². The number of hydrogen-bond donors (Lipinski definition) is 1. The van der Waals surface area contributed by atoms with Crippen molar-refractivity contribution in [3.8, 4) is 5.75 Å².